The summed E-state index contributed by atoms with van der Waals surface area (Å²) >= 11 is 0. The summed E-state index contributed by atoms with van der Waals surface area (Å²) in [5.74, 6) is 1.91. The molecule has 0 saturated carbocycles. The van der Waals surface area contributed by atoms with E-state index in [-0.39, 0.29) is 5.82 Å². The SMILES string of the molecule is COc1cc(-c2nc(Cc3ccc(F)cc3C)n(C)n2)ccc1-n1cnc(C)c1. The molecule has 0 unspecified atom stereocenters. The highest BCUT2D eigenvalue weighted by molar-refractivity contribution is 5.63. The summed E-state index contributed by atoms with van der Waals surface area (Å²) in [5, 5.41) is 4.56. The van der Waals surface area contributed by atoms with Crippen molar-refractivity contribution in [1.82, 2.24) is 24.3 Å². The third-order valence-electron chi connectivity index (χ3n) is 4.93. The van der Waals surface area contributed by atoms with Gasteiger partial charge in [-0.05, 0) is 55.3 Å². The van der Waals surface area contributed by atoms with Crippen LogP contribution in [0.25, 0.3) is 17.1 Å². The van der Waals surface area contributed by atoms with E-state index in [4.69, 9.17) is 9.72 Å². The van der Waals surface area contributed by atoms with Gasteiger partial charge >= 0.3 is 0 Å². The molecule has 0 N–H and O–H groups in total. The third-order valence-corrected chi connectivity index (χ3v) is 4.93. The molecule has 0 saturated heterocycles. The Balaban J connectivity index is 1.66. The van der Waals surface area contributed by atoms with Crippen LogP contribution in [0.4, 0.5) is 4.39 Å². The fraction of sp³-hybridized carbons (Fsp3) is 0.227. The standard InChI is InChI=1S/C22H22FN5O/c1-14-9-18(23)7-5-16(14)11-21-25-22(26-27(21)3)17-6-8-19(20(10-17)29-4)28-12-15(2)24-13-28/h5-10,12-13H,11H2,1-4H3. The minimum absolute atomic E-state index is 0.231. The van der Waals surface area contributed by atoms with Crippen LogP contribution in [0, 0.1) is 19.7 Å². The van der Waals surface area contributed by atoms with Crippen LogP contribution in [0.2, 0.25) is 0 Å². The molecule has 0 fully saturated rings. The van der Waals surface area contributed by atoms with E-state index in [9.17, 15) is 4.39 Å². The fourth-order valence-corrected chi connectivity index (χ4v) is 3.30. The van der Waals surface area contributed by atoms with Gasteiger partial charge < -0.3 is 9.30 Å². The molecule has 0 aliphatic rings. The smallest absolute Gasteiger partial charge is 0.181 e. The number of aromatic nitrogens is 5. The van der Waals surface area contributed by atoms with E-state index in [2.05, 4.69) is 10.1 Å². The maximum absolute atomic E-state index is 13.4. The van der Waals surface area contributed by atoms with E-state index in [1.54, 1.807) is 24.2 Å². The van der Waals surface area contributed by atoms with Gasteiger partial charge in [-0.25, -0.2) is 14.4 Å². The second kappa shape index (κ2) is 7.50. The van der Waals surface area contributed by atoms with Crippen LogP contribution in [0.5, 0.6) is 5.75 Å². The highest BCUT2D eigenvalue weighted by Crippen LogP contribution is 2.29. The molecule has 0 aliphatic carbocycles. The van der Waals surface area contributed by atoms with Crippen LogP contribution in [-0.4, -0.2) is 31.4 Å². The number of rotatable bonds is 5. The average Bonchev–Trinajstić information content (AvgIpc) is 3.29. The molecule has 6 nitrogen and oxygen atoms in total. The van der Waals surface area contributed by atoms with Crippen LogP contribution < -0.4 is 4.74 Å². The molecule has 0 bridgehead atoms. The number of halogens is 1. The summed E-state index contributed by atoms with van der Waals surface area (Å²) in [6, 6.07) is 10.7. The number of hydrogen-bond donors (Lipinski definition) is 0. The maximum atomic E-state index is 13.4. The average molecular weight is 391 g/mol. The van der Waals surface area contributed by atoms with Gasteiger partial charge in [-0.2, -0.15) is 5.10 Å². The van der Waals surface area contributed by atoms with Crippen molar-refractivity contribution in [2.45, 2.75) is 20.3 Å². The Morgan fingerprint density at radius 2 is 1.93 bits per heavy atom. The summed E-state index contributed by atoms with van der Waals surface area (Å²) < 4.78 is 22.6. The molecule has 4 aromatic rings. The van der Waals surface area contributed by atoms with Crippen molar-refractivity contribution >= 4 is 0 Å². The van der Waals surface area contributed by atoms with Crippen LogP contribution in [0.1, 0.15) is 22.6 Å². The van der Waals surface area contributed by atoms with Gasteiger partial charge in [0.15, 0.2) is 5.82 Å². The molecule has 148 valence electrons. The van der Waals surface area contributed by atoms with Gasteiger partial charge in [0.05, 0.1) is 24.8 Å². The predicted molar refractivity (Wildman–Crippen MR) is 109 cm³/mol. The normalized spacial score (nSPS) is 11.1. The zero-order valence-corrected chi connectivity index (χ0v) is 16.8. The molecule has 2 aromatic carbocycles. The number of imidazole rings is 1. The molecule has 2 heterocycles. The summed E-state index contributed by atoms with van der Waals surface area (Å²) in [6.07, 6.45) is 4.29. The van der Waals surface area contributed by atoms with Gasteiger partial charge in [-0.15, -0.1) is 0 Å². The van der Waals surface area contributed by atoms with Gasteiger partial charge in [-0.1, -0.05) is 6.07 Å². The highest BCUT2D eigenvalue weighted by atomic mass is 19.1. The van der Waals surface area contributed by atoms with Crippen molar-refractivity contribution < 1.29 is 9.13 Å². The first-order chi connectivity index (χ1) is 13.9. The first-order valence-corrected chi connectivity index (χ1v) is 9.29. The molecule has 4 rings (SSSR count). The Labute approximate surface area is 168 Å². The van der Waals surface area contributed by atoms with E-state index in [0.29, 0.717) is 18.0 Å². The Bertz CT molecular complexity index is 1180. The lowest BCUT2D eigenvalue weighted by Crippen LogP contribution is -2.02. The van der Waals surface area contributed by atoms with E-state index in [1.807, 2.05) is 49.9 Å². The van der Waals surface area contributed by atoms with Crippen molar-refractivity contribution in [3.63, 3.8) is 0 Å². The monoisotopic (exact) mass is 391 g/mol. The Kier molecular flexibility index (Phi) is 4.88. The molecule has 29 heavy (non-hydrogen) atoms. The lowest BCUT2D eigenvalue weighted by atomic mass is 10.1. The minimum atomic E-state index is -0.231. The molecule has 2 aromatic heterocycles. The van der Waals surface area contributed by atoms with E-state index < -0.39 is 0 Å². The second-order valence-electron chi connectivity index (χ2n) is 7.03. The van der Waals surface area contributed by atoms with E-state index >= 15 is 0 Å². The minimum Gasteiger partial charge on any atom is -0.495 e. The van der Waals surface area contributed by atoms with Crippen molar-refractivity contribution in [2.75, 3.05) is 7.11 Å². The van der Waals surface area contributed by atoms with Gasteiger partial charge in [0, 0.05) is 25.2 Å². The van der Waals surface area contributed by atoms with Crippen LogP contribution in [-0.2, 0) is 13.5 Å². The number of benzene rings is 2. The van der Waals surface area contributed by atoms with Gasteiger partial charge in [-0.3, -0.25) is 4.68 Å². The molecule has 0 radical (unpaired) electrons. The molecule has 0 aliphatic heterocycles. The molecule has 0 atom stereocenters. The molecule has 0 amide bonds. The summed E-state index contributed by atoms with van der Waals surface area (Å²) in [6.45, 7) is 3.84. The van der Waals surface area contributed by atoms with Gasteiger partial charge in [0.2, 0.25) is 0 Å². The van der Waals surface area contributed by atoms with Crippen molar-refractivity contribution in [1.29, 1.82) is 0 Å². The largest absolute Gasteiger partial charge is 0.495 e. The number of hydrogen-bond acceptors (Lipinski definition) is 4. The van der Waals surface area contributed by atoms with Crippen LogP contribution in [0.3, 0.4) is 0 Å². The molecule has 7 heteroatoms. The number of nitrogens with zero attached hydrogens (tertiary/aromatic N) is 5. The fourth-order valence-electron chi connectivity index (χ4n) is 3.30. The third kappa shape index (κ3) is 3.76. The van der Waals surface area contributed by atoms with Crippen molar-refractivity contribution in [3.8, 4) is 22.8 Å². The van der Waals surface area contributed by atoms with Crippen LogP contribution >= 0.6 is 0 Å². The second-order valence-corrected chi connectivity index (χ2v) is 7.03. The van der Waals surface area contributed by atoms with Crippen LogP contribution in [0.15, 0.2) is 48.9 Å². The lowest BCUT2D eigenvalue weighted by Gasteiger charge is -2.10. The summed E-state index contributed by atoms with van der Waals surface area (Å²) in [5.41, 5.74) is 4.62. The molecular formula is C22H22FN5O. The Hall–Kier alpha value is -3.48. The van der Waals surface area contributed by atoms with Crippen molar-refractivity contribution in [2.24, 2.45) is 7.05 Å². The summed E-state index contributed by atoms with van der Waals surface area (Å²) in [7, 11) is 3.51. The van der Waals surface area contributed by atoms with E-state index in [0.717, 1.165) is 33.9 Å². The summed E-state index contributed by atoms with van der Waals surface area (Å²) in [4.78, 5) is 8.98. The first kappa shape index (κ1) is 18.9. The zero-order chi connectivity index (χ0) is 20.5. The number of ether oxygens (including phenoxy) is 1. The maximum Gasteiger partial charge on any atom is 0.181 e. The Morgan fingerprint density at radius 3 is 2.62 bits per heavy atom. The van der Waals surface area contributed by atoms with Gasteiger partial charge in [0.25, 0.3) is 0 Å². The topological polar surface area (TPSA) is 57.8 Å². The number of aryl methyl sites for hydroxylation is 3. The number of methoxy groups -OCH3 is 1. The van der Waals surface area contributed by atoms with Gasteiger partial charge in [0.1, 0.15) is 17.4 Å². The lowest BCUT2D eigenvalue weighted by molar-refractivity contribution is 0.413. The molecule has 0 spiro atoms. The predicted octanol–water partition coefficient (Wildman–Crippen LogP) is 4.02. The first-order valence-electron chi connectivity index (χ1n) is 9.29. The highest BCUT2D eigenvalue weighted by Gasteiger charge is 2.14. The quantitative estimate of drug-likeness (QED) is 0.516. The van der Waals surface area contributed by atoms with E-state index in [1.165, 1.54) is 12.1 Å². The molecular weight excluding hydrogens is 369 g/mol. The Morgan fingerprint density at radius 1 is 1.10 bits per heavy atom. The van der Waals surface area contributed by atoms with Crippen molar-refractivity contribution in [3.05, 3.63) is 77.4 Å². The zero-order valence-electron chi connectivity index (χ0n) is 16.8.